The molecule has 0 spiro atoms. The molecule has 2 N–H and O–H groups in total. The van der Waals surface area contributed by atoms with Crippen LogP contribution in [-0.4, -0.2) is 49.5 Å². The first-order valence-corrected chi connectivity index (χ1v) is 9.35. The lowest BCUT2D eigenvalue weighted by atomic mass is 9.84. The van der Waals surface area contributed by atoms with E-state index in [0.29, 0.717) is 48.9 Å². The second-order valence-electron chi connectivity index (χ2n) is 7.12. The van der Waals surface area contributed by atoms with E-state index < -0.39 is 5.60 Å². The summed E-state index contributed by atoms with van der Waals surface area (Å²) in [7, 11) is 1.58. The average molecular weight is 384 g/mol. The first-order chi connectivity index (χ1) is 13.6. The van der Waals surface area contributed by atoms with Gasteiger partial charge in [-0.1, -0.05) is 18.2 Å². The van der Waals surface area contributed by atoms with Crippen LogP contribution in [0.2, 0.25) is 0 Å². The molecule has 0 aromatic heterocycles. The van der Waals surface area contributed by atoms with E-state index in [9.17, 15) is 9.90 Å². The zero-order chi connectivity index (χ0) is 19.6. The van der Waals surface area contributed by atoms with Crippen LogP contribution < -0.4 is 19.5 Å². The average Bonchev–Trinajstić information content (AvgIpc) is 3.18. The molecule has 2 aliphatic rings. The number of benzene rings is 2. The van der Waals surface area contributed by atoms with Gasteiger partial charge in [0.1, 0.15) is 5.75 Å². The Hall–Kier alpha value is -2.77. The molecule has 2 aliphatic heterocycles. The number of ether oxygens (including phenoxy) is 3. The summed E-state index contributed by atoms with van der Waals surface area (Å²) in [6.07, 6.45) is 1.10. The maximum atomic E-state index is 12.4. The number of carbonyl (C=O) groups is 1. The van der Waals surface area contributed by atoms with E-state index in [2.05, 4.69) is 5.32 Å². The fraction of sp³-hybridized carbons (Fsp3) is 0.381. The number of anilines is 1. The second-order valence-corrected chi connectivity index (χ2v) is 7.12. The first kappa shape index (κ1) is 18.6. The molecule has 28 heavy (non-hydrogen) atoms. The van der Waals surface area contributed by atoms with Gasteiger partial charge in [-0.25, -0.2) is 0 Å². The van der Waals surface area contributed by atoms with E-state index in [1.807, 2.05) is 47.4 Å². The van der Waals surface area contributed by atoms with Gasteiger partial charge in [0.25, 0.3) is 0 Å². The van der Waals surface area contributed by atoms with Gasteiger partial charge in [-0.2, -0.15) is 0 Å². The van der Waals surface area contributed by atoms with Crippen molar-refractivity contribution >= 4 is 11.6 Å². The number of likely N-dealkylation sites (tertiary alicyclic amines) is 1. The van der Waals surface area contributed by atoms with Crippen molar-refractivity contribution in [2.24, 2.45) is 0 Å². The standard InChI is InChI=1S/C21H24N2O5/c1-26-17-5-3-2-4-16(17)22-20(24)13-23-10-8-21(25,9-11-23)15-6-7-18-19(12-15)28-14-27-18/h2-7,12,25H,8-11,13-14H2,1H3,(H,22,24). The molecular weight excluding hydrogens is 360 g/mol. The Labute approximate surface area is 163 Å². The number of fused-ring (bicyclic) bond motifs is 1. The van der Waals surface area contributed by atoms with Crippen molar-refractivity contribution in [3.05, 3.63) is 48.0 Å². The molecule has 2 heterocycles. The van der Waals surface area contributed by atoms with Gasteiger partial charge in [-0.3, -0.25) is 9.69 Å². The number of methoxy groups -OCH3 is 1. The lowest BCUT2D eigenvalue weighted by molar-refractivity contribution is -0.118. The second kappa shape index (κ2) is 7.69. The third-order valence-electron chi connectivity index (χ3n) is 5.34. The summed E-state index contributed by atoms with van der Waals surface area (Å²) in [5, 5.41) is 14.0. The van der Waals surface area contributed by atoms with E-state index in [1.54, 1.807) is 7.11 Å². The highest BCUT2D eigenvalue weighted by atomic mass is 16.7. The van der Waals surface area contributed by atoms with Crippen LogP contribution in [0, 0.1) is 0 Å². The van der Waals surface area contributed by atoms with E-state index in [4.69, 9.17) is 14.2 Å². The number of nitrogens with one attached hydrogen (secondary N) is 1. The summed E-state index contributed by atoms with van der Waals surface area (Å²) in [6, 6.07) is 12.9. The topological polar surface area (TPSA) is 80.3 Å². The normalized spacial score (nSPS) is 17.9. The fourth-order valence-corrected chi connectivity index (χ4v) is 3.70. The third-order valence-corrected chi connectivity index (χ3v) is 5.34. The van der Waals surface area contributed by atoms with Crippen molar-refractivity contribution in [3.8, 4) is 17.2 Å². The number of hydrogen-bond donors (Lipinski definition) is 2. The highest BCUT2D eigenvalue weighted by Crippen LogP contribution is 2.39. The molecule has 1 fully saturated rings. The monoisotopic (exact) mass is 384 g/mol. The van der Waals surface area contributed by atoms with Crippen molar-refractivity contribution in [3.63, 3.8) is 0 Å². The van der Waals surface area contributed by atoms with Gasteiger partial charge in [0, 0.05) is 13.1 Å². The molecule has 1 saturated heterocycles. The molecule has 0 unspecified atom stereocenters. The minimum atomic E-state index is -0.920. The van der Waals surface area contributed by atoms with Crippen LogP contribution in [0.4, 0.5) is 5.69 Å². The van der Waals surface area contributed by atoms with Crippen LogP contribution in [0.25, 0.3) is 0 Å². The minimum Gasteiger partial charge on any atom is -0.495 e. The zero-order valence-electron chi connectivity index (χ0n) is 15.8. The lowest BCUT2D eigenvalue weighted by Crippen LogP contribution is -2.45. The molecule has 0 bridgehead atoms. The number of para-hydroxylation sites is 2. The summed E-state index contributed by atoms with van der Waals surface area (Å²) < 4.78 is 16.0. The maximum Gasteiger partial charge on any atom is 0.238 e. The van der Waals surface area contributed by atoms with Crippen molar-refractivity contribution in [2.45, 2.75) is 18.4 Å². The predicted octanol–water partition coefficient (Wildman–Crippen LogP) is 2.35. The molecule has 0 atom stereocenters. The molecule has 148 valence electrons. The number of rotatable bonds is 5. The Morgan fingerprint density at radius 2 is 1.93 bits per heavy atom. The van der Waals surface area contributed by atoms with E-state index in [1.165, 1.54) is 0 Å². The molecule has 7 nitrogen and oxygen atoms in total. The van der Waals surface area contributed by atoms with Crippen LogP contribution in [-0.2, 0) is 10.4 Å². The number of aliphatic hydroxyl groups is 1. The van der Waals surface area contributed by atoms with Gasteiger partial charge in [0.2, 0.25) is 12.7 Å². The SMILES string of the molecule is COc1ccccc1NC(=O)CN1CCC(O)(c2ccc3c(c2)OCO3)CC1. The van der Waals surface area contributed by atoms with E-state index >= 15 is 0 Å². The number of piperidine rings is 1. The van der Waals surface area contributed by atoms with Gasteiger partial charge < -0.3 is 24.6 Å². The van der Waals surface area contributed by atoms with Crippen LogP contribution in [0.15, 0.2) is 42.5 Å². The number of amides is 1. The smallest absolute Gasteiger partial charge is 0.238 e. The van der Waals surface area contributed by atoms with E-state index in [0.717, 1.165) is 5.56 Å². The molecule has 4 rings (SSSR count). The van der Waals surface area contributed by atoms with Crippen molar-refractivity contribution < 1.29 is 24.1 Å². The number of nitrogens with zero attached hydrogens (tertiary/aromatic N) is 1. The molecule has 0 saturated carbocycles. The summed E-state index contributed by atoms with van der Waals surface area (Å²) in [5.74, 6) is 1.91. The van der Waals surface area contributed by atoms with Crippen LogP contribution in [0.5, 0.6) is 17.2 Å². The van der Waals surface area contributed by atoms with Gasteiger partial charge in [-0.15, -0.1) is 0 Å². The Kier molecular flexibility index (Phi) is 5.11. The summed E-state index contributed by atoms with van der Waals surface area (Å²) in [6.45, 7) is 1.75. The minimum absolute atomic E-state index is 0.0991. The van der Waals surface area contributed by atoms with Gasteiger partial charge in [0.15, 0.2) is 11.5 Å². The van der Waals surface area contributed by atoms with Crippen molar-refractivity contribution in [1.29, 1.82) is 0 Å². The molecular formula is C21H24N2O5. The predicted molar refractivity (Wildman–Crippen MR) is 104 cm³/mol. The van der Waals surface area contributed by atoms with Crippen molar-refractivity contribution in [1.82, 2.24) is 4.90 Å². The fourth-order valence-electron chi connectivity index (χ4n) is 3.70. The van der Waals surface area contributed by atoms with Gasteiger partial charge in [0.05, 0.1) is 24.9 Å². The summed E-state index contributed by atoms with van der Waals surface area (Å²) in [4.78, 5) is 14.5. The maximum absolute atomic E-state index is 12.4. The van der Waals surface area contributed by atoms with E-state index in [-0.39, 0.29) is 19.2 Å². The van der Waals surface area contributed by atoms with Crippen molar-refractivity contribution in [2.75, 3.05) is 38.9 Å². The Balaban J connectivity index is 1.34. The molecule has 2 aromatic rings. The zero-order valence-corrected chi connectivity index (χ0v) is 15.8. The Bertz CT molecular complexity index is 862. The summed E-state index contributed by atoms with van der Waals surface area (Å²) >= 11 is 0. The number of carbonyl (C=O) groups excluding carboxylic acids is 1. The summed E-state index contributed by atoms with van der Waals surface area (Å²) in [5.41, 5.74) is 0.565. The quantitative estimate of drug-likeness (QED) is 0.824. The molecule has 0 aliphatic carbocycles. The highest BCUT2D eigenvalue weighted by Gasteiger charge is 2.35. The third kappa shape index (κ3) is 3.76. The molecule has 7 heteroatoms. The van der Waals surface area contributed by atoms with Crippen LogP contribution in [0.3, 0.4) is 0 Å². The number of hydrogen-bond acceptors (Lipinski definition) is 6. The lowest BCUT2D eigenvalue weighted by Gasteiger charge is -2.38. The molecule has 0 radical (unpaired) electrons. The Morgan fingerprint density at radius 1 is 1.18 bits per heavy atom. The van der Waals surface area contributed by atoms with Gasteiger partial charge >= 0.3 is 0 Å². The molecule has 2 aromatic carbocycles. The highest BCUT2D eigenvalue weighted by molar-refractivity contribution is 5.93. The molecule has 1 amide bonds. The largest absolute Gasteiger partial charge is 0.495 e. The Morgan fingerprint density at radius 3 is 2.71 bits per heavy atom. The van der Waals surface area contributed by atoms with Crippen LogP contribution in [0.1, 0.15) is 18.4 Å². The van der Waals surface area contributed by atoms with Gasteiger partial charge in [-0.05, 0) is 42.7 Å². The van der Waals surface area contributed by atoms with Crippen LogP contribution >= 0.6 is 0 Å². The first-order valence-electron chi connectivity index (χ1n) is 9.35.